The Kier molecular flexibility index (Phi) is 7.15. The van der Waals surface area contributed by atoms with E-state index in [4.69, 9.17) is 26.2 Å². The monoisotopic (exact) mass is 427 g/mol. The van der Waals surface area contributed by atoms with Crippen LogP contribution < -0.4 is 14.2 Å². The fourth-order valence-corrected chi connectivity index (χ4v) is 3.61. The number of halogens is 1. The molecule has 0 bridgehead atoms. The first kappa shape index (κ1) is 21.8. The summed E-state index contributed by atoms with van der Waals surface area (Å²) >= 11 is 6.17. The average Bonchev–Trinajstić information content (AvgIpc) is 2.59. The van der Waals surface area contributed by atoms with Crippen molar-refractivity contribution in [1.29, 1.82) is 0 Å². The number of carboxylic acid groups (broad SMARTS) is 1. The largest absolute Gasteiger partial charge is 0.492 e. The molecular weight excluding hydrogens is 406 g/mol. The molecular formula is C19H22ClNO6S. The molecule has 2 aromatic rings. The van der Waals surface area contributed by atoms with Gasteiger partial charge in [-0.3, -0.25) is 4.72 Å². The van der Waals surface area contributed by atoms with Crippen molar-refractivity contribution in [2.45, 2.75) is 25.7 Å². The second-order valence-electron chi connectivity index (χ2n) is 6.57. The number of hydrogen-bond acceptors (Lipinski definition) is 5. The Morgan fingerprint density at radius 3 is 2.39 bits per heavy atom. The molecule has 0 heterocycles. The second-order valence-corrected chi connectivity index (χ2v) is 8.65. The molecule has 9 heteroatoms. The Bertz CT molecular complexity index is 959. The Morgan fingerprint density at radius 2 is 1.82 bits per heavy atom. The van der Waals surface area contributed by atoms with Crippen LogP contribution in [0.3, 0.4) is 0 Å². The van der Waals surface area contributed by atoms with Crippen molar-refractivity contribution in [1.82, 2.24) is 0 Å². The summed E-state index contributed by atoms with van der Waals surface area (Å²) in [4.78, 5) is 10.6. The molecule has 0 atom stereocenters. The lowest BCUT2D eigenvalue weighted by molar-refractivity contribution is -0.139. The number of rotatable bonds is 9. The van der Waals surface area contributed by atoms with Crippen molar-refractivity contribution in [3.05, 3.63) is 47.0 Å². The van der Waals surface area contributed by atoms with Gasteiger partial charge in [-0.25, -0.2) is 13.2 Å². The molecule has 0 aliphatic carbocycles. The number of sulfonamides is 1. The molecule has 0 aliphatic rings. The summed E-state index contributed by atoms with van der Waals surface area (Å²) in [5.41, 5.74) is 0.797. The van der Waals surface area contributed by atoms with E-state index in [0.29, 0.717) is 40.3 Å². The third-order valence-electron chi connectivity index (χ3n) is 3.56. The summed E-state index contributed by atoms with van der Waals surface area (Å²) in [7, 11) is -3.86. The lowest BCUT2D eigenvalue weighted by Crippen LogP contribution is -2.14. The van der Waals surface area contributed by atoms with Crippen LogP contribution in [0.4, 0.5) is 5.69 Å². The Morgan fingerprint density at radius 1 is 1.14 bits per heavy atom. The van der Waals surface area contributed by atoms with Gasteiger partial charge in [0.1, 0.15) is 11.5 Å². The first-order chi connectivity index (χ1) is 13.1. The number of carboxylic acids is 1. The van der Waals surface area contributed by atoms with Gasteiger partial charge in [0.15, 0.2) is 6.61 Å². The highest BCUT2D eigenvalue weighted by Crippen LogP contribution is 2.30. The zero-order chi connectivity index (χ0) is 20.9. The van der Waals surface area contributed by atoms with Crippen LogP contribution in [0.5, 0.6) is 11.5 Å². The van der Waals surface area contributed by atoms with E-state index in [-0.39, 0.29) is 4.90 Å². The molecule has 152 valence electrons. The maximum absolute atomic E-state index is 12.6. The molecule has 0 amide bonds. The van der Waals surface area contributed by atoms with E-state index in [9.17, 15) is 13.2 Å². The third-order valence-corrected chi connectivity index (χ3v) is 5.24. The molecule has 28 heavy (non-hydrogen) atoms. The molecule has 0 spiro atoms. The van der Waals surface area contributed by atoms with Gasteiger partial charge >= 0.3 is 5.97 Å². The molecule has 0 aromatic heterocycles. The standard InChI is InChI=1S/C19H22ClNO6S/c1-12(2)10-26-18-6-4-14(9-16(18)20)21-28(24,25)15-5-7-17(13(3)8-15)27-11-19(22)23/h4-9,12,21H,10-11H2,1-3H3,(H,22,23). The highest BCUT2D eigenvalue weighted by Gasteiger charge is 2.17. The molecule has 2 rings (SSSR count). The predicted molar refractivity (Wildman–Crippen MR) is 107 cm³/mol. The van der Waals surface area contributed by atoms with Gasteiger partial charge in [0.2, 0.25) is 0 Å². The van der Waals surface area contributed by atoms with Crippen LogP contribution in [0.15, 0.2) is 41.3 Å². The zero-order valence-corrected chi connectivity index (χ0v) is 17.3. The van der Waals surface area contributed by atoms with Crippen molar-refractivity contribution >= 4 is 33.3 Å². The number of ether oxygens (including phenoxy) is 2. The van der Waals surface area contributed by atoms with Gasteiger partial charge in [-0.05, 0) is 54.8 Å². The lowest BCUT2D eigenvalue weighted by atomic mass is 10.2. The van der Waals surface area contributed by atoms with Crippen molar-refractivity contribution in [2.24, 2.45) is 5.92 Å². The number of carbonyl (C=O) groups is 1. The lowest BCUT2D eigenvalue weighted by Gasteiger charge is -2.13. The van der Waals surface area contributed by atoms with E-state index in [2.05, 4.69) is 4.72 Å². The van der Waals surface area contributed by atoms with Crippen LogP contribution in [0.1, 0.15) is 19.4 Å². The SMILES string of the molecule is Cc1cc(S(=O)(=O)Nc2ccc(OCC(C)C)c(Cl)c2)ccc1OCC(=O)O. The first-order valence-corrected chi connectivity index (χ1v) is 10.3. The zero-order valence-electron chi connectivity index (χ0n) is 15.7. The van der Waals surface area contributed by atoms with Crippen molar-refractivity contribution in [3.63, 3.8) is 0 Å². The number of aryl methyl sites for hydroxylation is 1. The topological polar surface area (TPSA) is 102 Å². The number of anilines is 1. The summed E-state index contributed by atoms with van der Waals surface area (Å²) in [5.74, 6) is 0.000499. The minimum atomic E-state index is -3.86. The van der Waals surface area contributed by atoms with Gasteiger partial charge in [0, 0.05) is 0 Å². The molecule has 2 N–H and O–H groups in total. The van der Waals surface area contributed by atoms with Crippen LogP contribution >= 0.6 is 11.6 Å². The number of aliphatic carboxylic acids is 1. The van der Waals surface area contributed by atoms with E-state index in [1.807, 2.05) is 13.8 Å². The van der Waals surface area contributed by atoms with E-state index in [0.717, 1.165) is 0 Å². The number of hydrogen-bond donors (Lipinski definition) is 2. The molecule has 0 aliphatic heterocycles. The molecule has 7 nitrogen and oxygen atoms in total. The molecule has 2 aromatic carbocycles. The van der Waals surface area contributed by atoms with Crippen LogP contribution in [-0.2, 0) is 14.8 Å². The summed E-state index contributed by atoms with van der Waals surface area (Å²) in [6, 6.07) is 8.82. The van der Waals surface area contributed by atoms with Crippen molar-refractivity contribution in [2.75, 3.05) is 17.9 Å². The van der Waals surface area contributed by atoms with Gasteiger partial charge in [-0.1, -0.05) is 25.4 Å². The first-order valence-electron chi connectivity index (χ1n) is 8.49. The van der Waals surface area contributed by atoms with E-state index in [1.54, 1.807) is 19.1 Å². The highest BCUT2D eigenvalue weighted by molar-refractivity contribution is 7.92. The summed E-state index contributed by atoms with van der Waals surface area (Å²) < 4.78 is 38.4. The molecule has 0 saturated carbocycles. The van der Waals surface area contributed by atoms with Gasteiger partial charge in [-0.2, -0.15) is 0 Å². The highest BCUT2D eigenvalue weighted by atomic mass is 35.5. The van der Waals surface area contributed by atoms with Crippen molar-refractivity contribution < 1.29 is 27.8 Å². The maximum Gasteiger partial charge on any atom is 0.341 e. The van der Waals surface area contributed by atoms with Crippen LogP contribution in [0, 0.1) is 12.8 Å². The normalized spacial score (nSPS) is 11.3. The van der Waals surface area contributed by atoms with E-state index >= 15 is 0 Å². The quantitative estimate of drug-likeness (QED) is 0.628. The summed E-state index contributed by atoms with van der Waals surface area (Å²) in [5, 5.41) is 8.97. The Hall–Kier alpha value is -2.45. The van der Waals surface area contributed by atoms with Crippen LogP contribution in [0.2, 0.25) is 5.02 Å². The summed E-state index contributed by atoms with van der Waals surface area (Å²) in [6.45, 7) is 5.65. The molecule has 0 radical (unpaired) electrons. The van der Waals surface area contributed by atoms with Crippen LogP contribution in [0.25, 0.3) is 0 Å². The van der Waals surface area contributed by atoms with Gasteiger partial charge in [0.25, 0.3) is 10.0 Å². The van der Waals surface area contributed by atoms with Gasteiger partial charge < -0.3 is 14.6 Å². The summed E-state index contributed by atoms with van der Waals surface area (Å²) in [6.07, 6.45) is 0. The fourth-order valence-electron chi connectivity index (χ4n) is 2.24. The van der Waals surface area contributed by atoms with Crippen LogP contribution in [-0.4, -0.2) is 32.7 Å². The molecule has 0 fully saturated rings. The molecule has 0 unspecified atom stereocenters. The number of benzene rings is 2. The molecule has 0 saturated heterocycles. The minimum absolute atomic E-state index is 0.0175. The smallest absolute Gasteiger partial charge is 0.341 e. The fraction of sp³-hybridized carbons (Fsp3) is 0.316. The van der Waals surface area contributed by atoms with Gasteiger partial charge in [-0.15, -0.1) is 0 Å². The second kappa shape index (κ2) is 9.16. The third kappa shape index (κ3) is 6.03. The van der Waals surface area contributed by atoms with E-state index in [1.165, 1.54) is 24.3 Å². The maximum atomic E-state index is 12.6. The van der Waals surface area contributed by atoms with E-state index < -0.39 is 22.6 Å². The minimum Gasteiger partial charge on any atom is -0.492 e. The van der Waals surface area contributed by atoms with Gasteiger partial charge in [0.05, 0.1) is 22.2 Å². The Balaban J connectivity index is 2.16. The average molecular weight is 428 g/mol. The van der Waals surface area contributed by atoms with Crippen molar-refractivity contribution in [3.8, 4) is 11.5 Å². The Labute approximate surface area is 169 Å². The number of nitrogens with one attached hydrogen (secondary N) is 1. The predicted octanol–water partition coefficient (Wildman–Crippen LogP) is 3.95.